The highest BCUT2D eigenvalue weighted by Crippen LogP contribution is 2.42. The van der Waals surface area contributed by atoms with Gasteiger partial charge in [-0.1, -0.05) is 119 Å². The summed E-state index contributed by atoms with van der Waals surface area (Å²) in [6.45, 7) is 0. The molecule has 0 saturated carbocycles. The Morgan fingerprint density at radius 2 is 0.698 bits per heavy atom. The Bertz CT molecular complexity index is 2890. The van der Waals surface area contributed by atoms with Crippen molar-refractivity contribution >= 4 is 150 Å². The SMILES string of the molecule is Bc1c(B)c(B)c2c(-c3cccc(-c4ccccc4)c3)c3c(B)c(B)c(B)c(B)c3c(-c3ccc(-c4ccc5oc6ccccc6c5c4)cc3)c2c1B. The van der Waals surface area contributed by atoms with Gasteiger partial charge in [0.25, 0.3) is 0 Å². The van der Waals surface area contributed by atoms with Crippen molar-refractivity contribution in [1.29, 1.82) is 0 Å². The minimum atomic E-state index is 0.923. The summed E-state index contributed by atoms with van der Waals surface area (Å²) in [4.78, 5) is 0. The Labute approximate surface area is 318 Å². The highest BCUT2D eigenvalue weighted by molar-refractivity contribution is 6.71. The lowest BCUT2D eigenvalue weighted by Crippen LogP contribution is -2.50. The van der Waals surface area contributed by atoms with E-state index in [0.717, 1.165) is 21.9 Å². The third-order valence-electron chi connectivity index (χ3n) is 12.5. The van der Waals surface area contributed by atoms with Crippen molar-refractivity contribution in [2.24, 2.45) is 0 Å². The molecule has 0 aliphatic heterocycles. The second-order valence-electron chi connectivity index (χ2n) is 15.1. The monoisotopic (exact) mass is 668 g/mol. The maximum atomic E-state index is 6.15. The Morgan fingerprint density at radius 1 is 0.283 bits per heavy atom. The second kappa shape index (κ2) is 12.6. The molecule has 9 aromatic rings. The quantitative estimate of drug-likeness (QED) is 0.167. The summed E-state index contributed by atoms with van der Waals surface area (Å²) in [5.74, 6) is 0. The minimum Gasteiger partial charge on any atom is -0.456 e. The van der Waals surface area contributed by atoms with Crippen molar-refractivity contribution in [2.75, 3.05) is 0 Å². The molecule has 8 aromatic carbocycles. The van der Waals surface area contributed by atoms with E-state index in [1.54, 1.807) is 0 Å². The molecular weight excluding hydrogens is 631 g/mol. The van der Waals surface area contributed by atoms with Gasteiger partial charge in [-0.25, -0.2) is 0 Å². The largest absolute Gasteiger partial charge is 0.456 e. The molecule has 9 heteroatoms. The van der Waals surface area contributed by atoms with Gasteiger partial charge in [-0.2, -0.15) is 0 Å². The average molecular weight is 667 g/mol. The molecule has 0 saturated heterocycles. The molecule has 0 atom stereocenters. The molecule has 0 aliphatic rings. The fourth-order valence-corrected chi connectivity index (χ4v) is 8.92. The third-order valence-corrected chi connectivity index (χ3v) is 12.5. The number of rotatable bonds is 4. The molecule has 0 N–H and O–H groups in total. The Balaban J connectivity index is 1.36. The van der Waals surface area contributed by atoms with Gasteiger partial charge in [-0.15, -0.1) is 21.9 Å². The van der Waals surface area contributed by atoms with Crippen LogP contribution in [-0.4, -0.2) is 62.8 Å². The van der Waals surface area contributed by atoms with E-state index in [9.17, 15) is 0 Å². The maximum Gasteiger partial charge on any atom is 0.139 e. The van der Waals surface area contributed by atoms with Gasteiger partial charge in [-0.3, -0.25) is 0 Å². The van der Waals surface area contributed by atoms with Gasteiger partial charge in [0.1, 0.15) is 73.9 Å². The molecule has 0 bridgehead atoms. The van der Waals surface area contributed by atoms with Gasteiger partial charge >= 0.3 is 0 Å². The van der Waals surface area contributed by atoms with Gasteiger partial charge < -0.3 is 4.42 Å². The van der Waals surface area contributed by atoms with Crippen molar-refractivity contribution in [3.05, 3.63) is 121 Å². The van der Waals surface area contributed by atoms with E-state index < -0.39 is 0 Å². The van der Waals surface area contributed by atoms with Crippen LogP contribution in [0.2, 0.25) is 0 Å². The number of fused-ring (bicyclic) bond motifs is 5. The number of hydrogen-bond donors (Lipinski definition) is 0. The van der Waals surface area contributed by atoms with E-state index in [1.165, 1.54) is 110 Å². The fraction of sp³-hybridized carbons (Fsp3) is 0. The number of furan rings is 1. The van der Waals surface area contributed by atoms with E-state index in [1.807, 2.05) is 12.1 Å². The smallest absolute Gasteiger partial charge is 0.139 e. The maximum absolute atomic E-state index is 6.15. The molecule has 242 valence electrons. The van der Waals surface area contributed by atoms with E-state index in [2.05, 4.69) is 172 Å². The highest BCUT2D eigenvalue weighted by Gasteiger charge is 2.25. The van der Waals surface area contributed by atoms with E-state index in [0.29, 0.717) is 0 Å². The molecule has 0 amide bonds. The van der Waals surface area contributed by atoms with E-state index >= 15 is 0 Å². The van der Waals surface area contributed by atoms with Gasteiger partial charge in [0, 0.05) is 10.8 Å². The molecule has 0 fully saturated rings. The summed E-state index contributed by atoms with van der Waals surface area (Å²) < 4.78 is 6.15. The first-order valence-corrected chi connectivity index (χ1v) is 18.8. The predicted octanol–water partition coefficient (Wildman–Crippen LogP) is -1.37. The predicted molar refractivity (Wildman–Crippen MR) is 256 cm³/mol. The van der Waals surface area contributed by atoms with Crippen LogP contribution in [-0.2, 0) is 0 Å². The van der Waals surface area contributed by atoms with Crippen LogP contribution in [0.5, 0.6) is 0 Å². The molecule has 0 aliphatic carbocycles. The van der Waals surface area contributed by atoms with Crippen LogP contribution < -0.4 is 43.7 Å². The number of para-hydroxylation sites is 1. The number of benzene rings is 8. The number of hydrogen-bond acceptors (Lipinski definition) is 1. The van der Waals surface area contributed by atoms with Gasteiger partial charge in [0.05, 0.1) is 0 Å². The Kier molecular flexibility index (Phi) is 7.97. The van der Waals surface area contributed by atoms with Crippen LogP contribution in [0, 0.1) is 0 Å². The normalized spacial score (nSPS) is 11.6. The molecular formula is C44H36B8O. The summed E-state index contributed by atoms with van der Waals surface area (Å²) in [5.41, 5.74) is 22.8. The van der Waals surface area contributed by atoms with Gasteiger partial charge in [0.2, 0.25) is 0 Å². The van der Waals surface area contributed by atoms with Crippen molar-refractivity contribution in [3.63, 3.8) is 0 Å². The summed E-state index contributed by atoms with van der Waals surface area (Å²) in [6, 6.07) is 44.2. The molecule has 53 heavy (non-hydrogen) atoms. The Hall–Kier alpha value is -5.40. The summed E-state index contributed by atoms with van der Waals surface area (Å²) in [7, 11) is 18.6. The molecule has 0 unspecified atom stereocenters. The standard InChI is InChI=1S/C44H36B8O/c45-37-33-31(23-15-13-22(14-16-23)25-17-18-30-28(20-25)27-11-4-5-12-29(27)53-30)34-36(40(48)44(52)42(50)38(34)46)32(35(33)39(47)43(51)41(37)49)26-10-6-9-24(19-26)21-7-2-1-3-8-21/h1-20H,45-52H2. The van der Waals surface area contributed by atoms with Crippen LogP contribution in [0.15, 0.2) is 126 Å². The van der Waals surface area contributed by atoms with Crippen LogP contribution >= 0.6 is 0 Å². The van der Waals surface area contributed by atoms with Crippen molar-refractivity contribution in [3.8, 4) is 44.5 Å². The molecule has 0 radical (unpaired) electrons. The third kappa shape index (κ3) is 5.12. The van der Waals surface area contributed by atoms with Gasteiger partial charge in [-0.05, 0) is 90.3 Å². The Morgan fingerprint density at radius 3 is 1.30 bits per heavy atom. The minimum absolute atomic E-state index is 0.923. The summed E-state index contributed by atoms with van der Waals surface area (Å²) >= 11 is 0. The van der Waals surface area contributed by atoms with Crippen molar-refractivity contribution < 1.29 is 4.42 Å². The van der Waals surface area contributed by atoms with Crippen molar-refractivity contribution in [2.45, 2.75) is 0 Å². The second-order valence-corrected chi connectivity index (χ2v) is 15.1. The first-order valence-electron chi connectivity index (χ1n) is 18.8. The highest BCUT2D eigenvalue weighted by atomic mass is 16.3. The topological polar surface area (TPSA) is 13.1 Å². The lowest BCUT2D eigenvalue weighted by Gasteiger charge is -2.28. The summed E-state index contributed by atoms with van der Waals surface area (Å²) in [5, 5.41) is 7.77. The molecule has 1 nitrogen and oxygen atoms in total. The van der Waals surface area contributed by atoms with E-state index in [4.69, 9.17) is 4.42 Å². The zero-order valence-corrected chi connectivity index (χ0v) is 32.0. The average Bonchev–Trinajstić information content (AvgIpc) is 3.58. The molecule has 1 aromatic heterocycles. The van der Waals surface area contributed by atoms with Crippen LogP contribution in [0.1, 0.15) is 0 Å². The first-order chi connectivity index (χ1) is 25.6. The first kappa shape index (κ1) is 33.4. The van der Waals surface area contributed by atoms with Gasteiger partial charge in [0.15, 0.2) is 0 Å². The molecule has 1 heterocycles. The zero-order chi connectivity index (χ0) is 36.7. The van der Waals surface area contributed by atoms with Crippen LogP contribution in [0.4, 0.5) is 0 Å². The fourth-order valence-electron chi connectivity index (χ4n) is 8.92. The lowest BCUT2D eigenvalue weighted by atomic mass is 9.59. The van der Waals surface area contributed by atoms with E-state index in [-0.39, 0.29) is 0 Å². The van der Waals surface area contributed by atoms with Crippen LogP contribution in [0.3, 0.4) is 0 Å². The molecule has 0 spiro atoms. The van der Waals surface area contributed by atoms with Crippen molar-refractivity contribution in [1.82, 2.24) is 0 Å². The summed E-state index contributed by atoms with van der Waals surface area (Å²) in [6.07, 6.45) is 0. The molecule has 9 rings (SSSR count). The zero-order valence-electron chi connectivity index (χ0n) is 32.0. The lowest BCUT2D eigenvalue weighted by molar-refractivity contribution is 0.669. The van der Waals surface area contributed by atoms with Crippen LogP contribution in [0.25, 0.3) is 88.0 Å².